The molecule has 1 saturated carbocycles. The van der Waals surface area contributed by atoms with Gasteiger partial charge in [0.25, 0.3) is 0 Å². The average molecular weight is 267 g/mol. The molecule has 0 radical (unpaired) electrons. The predicted octanol–water partition coefficient (Wildman–Crippen LogP) is 2.50. The summed E-state index contributed by atoms with van der Waals surface area (Å²) < 4.78 is 24.7. The van der Waals surface area contributed by atoms with Crippen molar-refractivity contribution in [2.75, 3.05) is 5.75 Å². The maximum absolute atomic E-state index is 12.3. The normalized spacial score (nSPS) is 17.8. The molecule has 0 spiro atoms. The number of hydrogen-bond acceptors (Lipinski definition) is 3. The van der Waals surface area contributed by atoms with Gasteiger partial charge in [-0.15, -0.1) is 0 Å². The van der Waals surface area contributed by atoms with Gasteiger partial charge in [0.2, 0.25) is 0 Å². The maximum atomic E-state index is 12.3. The lowest BCUT2D eigenvalue weighted by Crippen LogP contribution is -2.19. The molecule has 0 amide bonds. The van der Waals surface area contributed by atoms with Gasteiger partial charge in [-0.2, -0.15) is 0 Å². The van der Waals surface area contributed by atoms with Gasteiger partial charge in [-0.3, -0.25) is 0 Å². The van der Waals surface area contributed by atoms with Crippen molar-refractivity contribution in [2.45, 2.75) is 43.5 Å². The average Bonchev–Trinajstić information content (AvgIpc) is 2.39. The van der Waals surface area contributed by atoms with Crippen molar-refractivity contribution < 1.29 is 8.42 Å². The lowest BCUT2D eigenvalue weighted by molar-refractivity contribution is 0.385. The molecule has 0 atom stereocenters. The summed E-state index contributed by atoms with van der Waals surface area (Å²) >= 11 is 0. The van der Waals surface area contributed by atoms with Crippen molar-refractivity contribution in [3.05, 3.63) is 29.8 Å². The van der Waals surface area contributed by atoms with Gasteiger partial charge >= 0.3 is 0 Å². The number of hydrogen-bond donors (Lipinski definition) is 1. The number of nitrogens with two attached hydrogens (primary N) is 1. The molecule has 1 aromatic rings. The van der Waals surface area contributed by atoms with E-state index in [2.05, 4.69) is 0 Å². The standard InChI is InChI=1S/C14H21NO2S/c15-10-13-7-4-8-14(9-13)18(16,17)11-12-5-2-1-3-6-12/h4,7-9,12H,1-3,5-6,10-11,15H2. The molecule has 1 aromatic carbocycles. The van der Waals surface area contributed by atoms with Gasteiger partial charge in [0.1, 0.15) is 0 Å². The molecule has 1 aliphatic carbocycles. The molecule has 2 N–H and O–H groups in total. The van der Waals surface area contributed by atoms with E-state index in [0.717, 1.165) is 18.4 Å². The number of benzene rings is 1. The van der Waals surface area contributed by atoms with E-state index >= 15 is 0 Å². The summed E-state index contributed by atoms with van der Waals surface area (Å²) in [4.78, 5) is 0.427. The zero-order valence-corrected chi connectivity index (χ0v) is 11.5. The Hall–Kier alpha value is -0.870. The second-order valence-corrected chi connectivity index (χ2v) is 7.17. The highest BCUT2D eigenvalue weighted by atomic mass is 32.2. The monoisotopic (exact) mass is 267 g/mol. The van der Waals surface area contributed by atoms with E-state index in [-0.39, 0.29) is 0 Å². The minimum absolute atomic E-state index is 0.293. The summed E-state index contributed by atoms with van der Waals surface area (Å²) in [6.45, 7) is 0.382. The second-order valence-electron chi connectivity index (χ2n) is 5.14. The Bertz CT molecular complexity index is 490. The van der Waals surface area contributed by atoms with Gasteiger partial charge in [-0.25, -0.2) is 8.42 Å². The summed E-state index contributed by atoms with van der Waals surface area (Å²) in [6, 6.07) is 7.02. The first-order chi connectivity index (χ1) is 8.62. The molecule has 4 heteroatoms. The zero-order valence-electron chi connectivity index (χ0n) is 10.6. The molecule has 2 rings (SSSR count). The number of sulfone groups is 1. The molecule has 0 aromatic heterocycles. The fourth-order valence-electron chi connectivity index (χ4n) is 2.63. The SMILES string of the molecule is NCc1cccc(S(=O)(=O)CC2CCCCC2)c1. The van der Waals surface area contributed by atoms with Gasteiger partial charge in [0, 0.05) is 6.54 Å². The van der Waals surface area contributed by atoms with Crippen LogP contribution in [0.4, 0.5) is 0 Å². The highest BCUT2D eigenvalue weighted by Gasteiger charge is 2.22. The van der Waals surface area contributed by atoms with Crippen LogP contribution < -0.4 is 5.73 Å². The van der Waals surface area contributed by atoms with Gasteiger partial charge in [0.05, 0.1) is 10.6 Å². The Morgan fingerprint density at radius 2 is 1.89 bits per heavy atom. The van der Waals surface area contributed by atoms with Crippen molar-refractivity contribution in [3.8, 4) is 0 Å². The molecule has 1 aliphatic rings. The largest absolute Gasteiger partial charge is 0.326 e. The third-order valence-electron chi connectivity index (χ3n) is 3.67. The predicted molar refractivity (Wildman–Crippen MR) is 73.0 cm³/mol. The summed E-state index contributed by atoms with van der Waals surface area (Å²) in [7, 11) is -3.15. The first-order valence-corrected chi connectivity index (χ1v) is 8.29. The van der Waals surface area contributed by atoms with Crippen LogP contribution in [0.15, 0.2) is 29.2 Å². The first-order valence-electron chi connectivity index (χ1n) is 6.63. The molecular weight excluding hydrogens is 246 g/mol. The Morgan fingerprint density at radius 1 is 1.17 bits per heavy atom. The first kappa shape index (κ1) is 13.6. The smallest absolute Gasteiger partial charge is 0.178 e. The summed E-state index contributed by atoms with van der Waals surface area (Å²) in [5.41, 5.74) is 6.43. The number of rotatable bonds is 4. The van der Waals surface area contributed by atoms with Crippen LogP contribution in [0, 0.1) is 5.92 Å². The minimum Gasteiger partial charge on any atom is -0.326 e. The fourth-order valence-corrected chi connectivity index (χ4v) is 4.39. The van der Waals surface area contributed by atoms with E-state index in [0.29, 0.717) is 23.1 Å². The molecule has 0 saturated heterocycles. The third-order valence-corrected chi connectivity index (χ3v) is 5.56. The van der Waals surface area contributed by atoms with Crippen LogP contribution in [-0.4, -0.2) is 14.2 Å². The van der Waals surface area contributed by atoms with Gasteiger partial charge < -0.3 is 5.73 Å². The molecular formula is C14H21NO2S. The van der Waals surface area contributed by atoms with Crippen LogP contribution in [0.3, 0.4) is 0 Å². The van der Waals surface area contributed by atoms with Gasteiger partial charge in [-0.05, 0) is 36.5 Å². The fraction of sp³-hybridized carbons (Fsp3) is 0.571. The maximum Gasteiger partial charge on any atom is 0.178 e. The Morgan fingerprint density at radius 3 is 2.56 bits per heavy atom. The van der Waals surface area contributed by atoms with Crippen LogP contribution in [0.2, 0.25) is 0 Å². The molecule has 0 aliphatic heterocycles. The van der Waals surface area contributed by atoms with Crippen molar-refractivity contribution in [3.63, 3.8) is 0 Å². The van der Waals surface area contributed by atoms with Gasteiger partial charge in [-0.1, -0.05) is 31.4 Å². The van der Waals surface area contributed by atoms with Crippen LogP contribution in [-0.2, 0) is 16.4 Å². The van der Waals surface area contributed by atoms with Crippen molar-refractivity contribution in [1.29, 1.82) is 0 Å². The van der Waals surface area contributed by atoms with E-state index in [9.17, 15) is 8.42 Å². The summed E-state index contributed by atoms with van der Waals surface area (Å²) in [6.07, 6.45) is 5.69. The molecule has 100 valence electrons. The van der Waals surface area contributed by atoms with Crippen LogP contribution in [0.25, 0.3) is 0 Å². The highest BCUT2D eigenvalue weighted by molar-refractivity contribution is 7.91. The van der Waals surface area contributed by atoms with E-state index in [1.165, 1.54) is 19.3 Å². The van der Waals surface area contributed by atoms with E-state index in [4.69, 9.17) is 5.73 Å². The molecule has 0 unspecified atom stereocenters. The topological polar surface area (TPSA) is 60.2 Å². The second kappa shape index (κ2) is 5.85. The zero-order chi connectivity index (χ0) is 13.0. The Labute approximate surface area is 109 Å². The third kappa shape index (κ3) is 3.33. The van der Waals surface area contributed by atoms with Crippen molar-refractivity contribution >= 4 is 9.84 Å². The quantitative estimate of drug-likeness (QED) is 0.911. The van der Waals surface area contributed by atoms with E-state index < -0.39 is 9.84 Å². The van der Waals surface area contributed by atoms with Crippen LogP contribution in [0.1, 0.15) is 37.7 Å². The molecule has 0 bridgehead atoms. The van der Waals surface area contributed by atoms with Crippen LogP contribution in [0.5, 0.6) is 0 Å². The lowest BCUT2D eigenvalue weighted by atomic mass is 9.91. The van der Waals surface area contributed by atoms with Gasteiger partial charge in [0.15, 0.2) is 9.84 Å². The minimum atomic E-state index is -3.15. The highest BCUT2D eigenvalue weighted by Crippen LogP contribution is 2.27. The van der Waals surface area contributed by atoms with Crippen molar-refractivity contribution in [1.82, 2.24) is 0 Å². The molecule has 0 heterocycles. The Kier molecular flexibility index (Phi) is 4.40. The molecule has 1 fully saturated rings. The van der Waals surface area contributed by atoms with E-state index in [1.54, 1.807) is 18.2 Å². The van der Waals surface area contributed by atoms with Crippen LogP contribution >= 0.6 is 0 Å². The Balaban J connectivity index is 2.13. The van der Waals surface area contributed by atoms with Crippen molar-refractivity contribution in [2.24, 2.45) is 11.7 Å². The van der Waals surface area contributed by atoms with E-state index in [1.807, 2.05) is 6.07 Å². The molecule has 3 nitrogen and oxygen atoms in total. The lowest BCUT2D eigenvalue weighted by Gasteiger charge is -2.21. The summed E-state index contributed by atoms with van der Waals surface area (Å²) in [5.74, 6) is 0.631. The summed E-state index contributed by atoms with van der Waals surface area (Å²) in [5, 5.41) is 0. The molecule has 18 heavy (non-hydrogen) atoms.